The van der Waals surface area contributed by atoms with E-state index in [2.05, 4.69) is 5.32 Å². The van der Waals surface area contributed by atoms with Crippen molar-refractivity contribution in [3.8, 4) is 11.3 Å². The smallest absolute Gasteiger partial charge is 0.230 e. The molecule has 0 saturated heterocycles. The van der Waals surface area contributed by atoms with Crippen LogP contribution in [0.1, 0.15) is 54.6 Å². The van der Waals surface area contributed by atoms with Gasteiger partial charge in [-0.05, 0) is 87.0 Å². The van der Waals surface area contributed by atoms with Crippen LogP contribution in [0.25, 0.3) is 11.3 Å². The molecule has 6 rings (SSSR count). The quantitative estimate of drug-likeness (QED) is 0.757. The standard InChI is InChI=1S/C23H25NO3/c1-14-2-3-18(21-5-4-19(13-25)27-21)9-20(14)24-22(26)23-10-15-6-16(11-23)8-17(7-15)12-23/h2-5,9,13,15-17H,6-8,10-12H2,1H3,(H,24,26). The number of carbonyl (C=O) groups excluding carboxylic acids is 2. The Morgan fingerprint density at radius 1 is 1.07 bits per heavy atom. The Morgan fingerprint density at radius 3 is 2.33 bits per heavy atom. The van der Waals surface area contributed by atoms with E-state index < -0.39 is 0 Å². The van der Waals surface area contributed by atoms with Gasteiger partial charge >= 0.3 is 0 Å². The average Bonchev–Trinajstić information content (AvgIpc) is 3.11. The molecule has 4 saturated carbocycles. The molecule has 140 valence electrons. The van der Waals surface area contributed by atoms with Crippen LogP contribution in [0.2, 0.25) is 0 Å². The van der Waals surface area contributed by atoms with Crippen LogP contribution in [0.15, 0.2) is 34.7 Å². The van der Waals surface area contributed by atoms with Gasteiger partial charge in [-0.3, -0.25) is 9.59 Å². The zero-order chi connectivity index (χ0) is 18.6. The first-order valence-corrected chi connectivity index (χ1v) is 10.0. The molecule has 0 atom stereocenters. The molecular weight excluding hydrogens is 338 g/mol. The third-order valence-corrected chi connectivity index (χ3v) is 7.03. The first-order chi connectivity index (χ1) is 13.0. The molecule has 1 heterocycles. The zero-order valence-corrected chi connectivity index (χ0v) is 15.7. The van der Waals surface area contributed by atoms with E-state index in [-0.39, 0.29) is 11.3 Å². The van der Waals surface area contributed by atoms with Gasteiger partial charge in [0.05, 0.1) is 5.41 Å². The molecule has 4 aliphatic rings. The van der Waals surface area contributed by atoms with Crippen molar-refractivity contribution in [2.75, 3.05) is 5.32 Å². The maximum absolute atomic E-state index is 13.3. The molecule has 27 heavy (non-hydrogen) atoms. The van der Waals surface area contributed by atoms with Gasteiger partial charge in [0.2, 0.25) is 5.91 Å². The predicted molar refractivity (Wildman–Crippen MR) is 104 cm³/mol. The van der Waals surface area contributed by atoms with Crippen LogP contribution < -0.4 is 5.32 Å². The normalized spacial score (nSPS) is 31.1. The molecule has 1 aromatic carbocycles. The van der Waals surface area contributed by atoms with Gasteiger partial charge in [0, 0.05) is 11.3 Å². The van der Waals surface area contributed by atoms with Crippen LogP contribution in [0.5, 0.6) is 0 Å². The van der Waals surface area contributed by atoms with E-state index in [0.29, 0.717) is 17.8 Å². The number of aryl methyl sites for hydroxylation is 1. The van der Waals surface area contributed by atoms with E-state index >= 15 is 0 Å². The number of nitrogens with one attached hydrogen (secondary N) is 1. The number of furan rings is 1. The molecule has 4 bridgehead atoms. The van der Waals surface area contributed by atoms with Crippen molar-refractivity contribution >= 4 is 17.9 Å². The minimum absolute atomic E-state index is 0.160. The summed E-state index contributed by atoms with van der Waals surface area (Å²) < 4.78 is 5.54. The highest BCUT2D eigenvalue weighted by atomic mass is 16.3. The SMILES string of the molecule is Cc1ccc(-c2ccc(C=O)o2)cc1NC(=O)C12CC3CC(CC(C3)C1)C2. The molecule has 2 aromatic rings. The summed E-state index contributed by atoms with van der Waals surface area (Å²) in [6.45, 7) is 2.01. The van der Waals surface area contributed by atoms with Crippen LogP contribution in [0, 0.1) is 30.1 Å². The van der Waals surface area contributed by atoms with E-state index in [1.165, 1.54) is 19.3 Å². The van der Waals surface area contributed by atoms with Gasteiger partial charge in [0.25, 0.3) is 0 Å². The first-order valence-electron chi connectivity index (χ1n) is 10.0. The van der Waals surface area contributed by atoms with Gasteiger partial charge in [-0.25, -0.2) is 0 Å². The number of amides is 1. The van der Waals surface area contributed by atoms with Gasteiger partial charge < -0.3 is 9.73 Å². The summed E-state index contributed by atoms with van der Waals surface area (Å²) in [5.41, 5.74) is 2.60. The van der Waals surface area contributed by atoms with Crippen molar-refractivity contribution in [2.24, 2.45) is 23.2 Å². The summed E-state index contributed by atoms with van der Waals surface area (Å²) in [7, 11) is 0. The van der Waals surface area contributed by atoms with E-state index in [9.17, 15) is 9.59 Å². The van der Waals surface area contributed by atoms with Gasteiger partial charge in [-0.1, -0.05) is 12.1 Å². The monoisotopic (exact) mass is 363 g/mol. The molecule has 4 fully saturated rings. The third-order valence-electron chi connectivity index (χ3n) is 7.03. The lowest BCUT2D eigenvalue weighted by Gasteiger charge is -2.55. The number of hydrogen-bond donors (Lipinski definition) is 1. The number of rotatable bonds is 4. The number of aldehydes is 1. The average molecular weight is 363 g/mol. The number of carbonyl (C=O) groups is 2. The highest BCUT2D eigenvalue weighted by molar-refractivity contribution is 5.96. The molecule has 0 radical (unpaired) electrons. The third kappa shape index (κ3) is 2.82. The maximum Gasteiger partial charge on any atom is 0.230 e. The second-order valence-electron chi connectivity index (χ2n) is 9.00. The van der Waals surface area contributed by atoms with Crippen molar-refractivity contribution < 1.29 is 14.0 Å². The summed E-state index contributed by atoms with van der Waals surface area (Å²) in [5.74, 6) is 3.40. The maximum atomic E-state index is 13.3. The summed E-state index contributed by atoms with van der Waals surface area (Å²) in [6.07, 6.45) is 7.88. The number of benzene rings is 1. The Morgan fingerprint density at radius 2 is 1.74 bits per heavy atom. The van der Waals surface area contributed by atoms with Crippen molar-refractivity contribution in [3.05, 3.63) is 41.7 Å². The minimum Gasteiger partial charge on any atom is -0.453 e. The molecule has 1 amide bonds. The largest absolute Gasteiger partial charge is 0.453 e. The number of hydrogen-bond acceptors (Lipinski definition) is 3. The Labute approximate surface area is 159 Å². The lowest BCUT2D eigenvalue weighted by Crippen LogP contribution is -2.51. The van der Waals surface area contributed by atoms with E-state index in [1.54, 1.807) is 12.1 Å². The molecule has 1 N–H and O–H groups in total. The fourth-order valence-corrected chi connectivity index (χ4v) is 6.12. The van der Waals surface area contributed by atoms with Crippen molar-refractivity contribution in [3.63, 3.8) is 0 Å². The predicted octanol–water partition coefficient (Wildman–Crippen LogP) is 5.22. The van der Waals surface area contributed by atoms with E-state index in [1.807, 2.05) is 25.1 Å². The topological polar surface area (TPSA) is 59.3 Å². The Kier molecular flexibility index (Phi) is 3.78. The van der Waals surface area contributed by atoms with Crippen molar-refractivity contribution in [1.82, 2.24) is 0 Å². The molecular formula is C23H25NO3. The molecule has 4 nitrogen and oxygen atoms in total. The van der Waals surface area contributed by atoms with Crippen LogP contribution in [0.3, 0.4) is 0 Å². The molecule has 4 heteroatoms. The summed E-state index contributed by atoms with van der Waals surface area (Å²) in [6, 6.07) is 9.37. The molecule has 0 aliphatic heterocycles. The molecule has 0 unspecified atom stereocenters. The zero-order valence-electron chi connectivity index (χ0n) is 15.7. The van der Waals surface area contributed by atoms with Crippen LogP contribution >= 0.6 is 0 Å². The first kappa shape index (κ1) is 16.8. The Hall–Kier alpha value is -2.36. The van der Waals surface area contributed by atoms with E-state index in [0.717, 1.165) is 53.8 Å². The van der Waals surface area contributed by atoms with Crippen molar-refractivity contribution in [1.29, 1.82) is 0 Å². The highest BCUT2D eigenvalue weighted by Gasteiger charge is 2.54. The second kappa shape index (κ2) is 6.08. The Balaban J connectivity index is 1.41. The molecule has 0 spiro atoms. The second-order valence-corrected chi connectivity index (χ2v) is 9.00. The lowest BCUT2D eigenvalue weighted by atomic mass is 9.49. The minimum atomic E-state index is -0.160. The lowest BCUT2D eigenvalue weighted by molar-refractivity contribution is -0.140. The fraction of sp³-hybridized carbons (Fsp3) is 0.478. The van der Waals surface area contributed by atoms with Crippen LogP contribution in [-0.2, 0) is 4.79 Å². The highest BCUT2D eigenvalue weighted by Crippen LogP contribution is 2.60. The summed E-state index contributed by atoms with van der Waals surface area (Å²) in [5, 5.41) is 3.25. The van der Waals surface area contributed by atoms with Crippen LogP contribution in [0.4, 0.5) is 5.69 Å². The number of anilines is 1. The van der Waals surface area contributed by atoms with Gasteiger partial charge in [-0.15, -0.1) is 0 Å². The summed E-state index contributed by atoms with van der Waals surface area (Å²) in [4.78, 5) is 24.2. The van der Waals surface area contributed by atoms with E-state index in [4.69, 9.17) is 4.42 Å². The van der Waals surface area contributed by atoms with Gasteiger partial charge in [-0.2, -0.15) is 0 Å². The molecule has 1 aromatic heterocycles. The van der Waals surface area contributed by atoms with Gasteiger partial charge in [0.15, 0.2) is 12.0 Å². The van der Waals surface area contributed by atoms with Gasteiger partial charge in [0.1, 0.15) is 5.76 Å². The van der Waals surface area contributed by atoms with Crippen molar-refractivity contribution in [2.45, 2.75) is 45.4 Å². The Bertz CT molecular complexity index is 875. The van der Waals surface area contributed by atoms with Crippen LogP contribution in [-0.4, -0.2) is 12.2 Å². The molecule has 4 aliphatic carbocycles. The summed E-state index contributed by atoms with van der Waals surface area (Å²) >= 11 is 0. The fourth-order valence-electron chi connectivity index (χ4n) is 6.12.